The van der Waals surface area contributed by atoms with E-state index in [0.29, 0.717) is 5.92 Å². The highest BCUT2D eigenvalue weighted by Gasteiger charge is 2.14. The van der Waals surface area contributed by atoms with Crippen molar-refractivity contribution >= 4 is 11.0 Å². The summed E-state index contributed by atoms with van der Waals surface area (Å²) in [5, 5.41) is 0. The molecule has 114 valence electrons. The molecular weight excluding hydrogens is 268 g/mol. The van der Waals surface area contributed by atoms with Crippen molar-refractivity contribution < 1.29 is 0 Å². The van der Waals surface area contributed by atoms with Gasteiger partial charge in [0.25, 0.3) is 0 Å². The standard InChI is InChI=1S/C20H24N2/c1-14(2)11-12-22-19-8-6-5-7-18(19)21-20(22)17-10-9-15(3)13-16(17)4/h5-10,13-14H,11-12H2,1-4H3. The molecule has 2 heteroatoms. The third-order valence-electron chi connectivity index (χ3n) is 4.21. The van der Waals surface area contributed by atoms with Gasteiger partial charge in [-0.25, -0.2) is 4.98 Å². The normalized spacial score (nSPS) is 11.5. The van der Waals surface area contributed by atoms with E-state index in [-0.39, 0.29) is 0 Å². The molecule has 0 bridgehead atoms. The molecule has 0 fully saturated rings. The summed E-state index contributed by atoms with van der Waals surface area (Å²) in [5.41, 5.74) is 6.15. The maximum absolute atomic E-state index is 4.91. The number of para-hydroxylation sites is 2. The number of fused-ring (bicyclic) bond motifs is 1. The number of rotatable bonds is 4. The van der Waals surface area contributed by atoms with E-state index in [9.17, 15) is 0 Å². The second-order valence-electron chi connectivity index (χ2n) is 6.58. The number of hydrogen-bond acceptors (Lipinski definition) is 1. The summed E-state index contributed by atoms with van der Waals surface area (Å²) < 4.78 is 2.38. The first-order valence-electron chi connectivity index (χ1n) is 8.09. The molecule has 0 aliphatic rings. The summed E-state index contributed by atoms with van der Waals surface area (Å²) in [6.45, 7) is 9.87. The summed E-state index contributed by atoms with van der Waals surface area (Å²) in [6, 6.07) is 15.1. The van der Waals surface area contributed by atoms with Crippen molar-refractivity contribution in [3.63, 3.8) is 0 Å². The molecule has 0 saturated heterocycles. The predicted molar refractivity (Wildman–Crippen MR) is 94.1 cm³/mol. The summed E-state index contributed by atoms with van der Waals surface area (Å²) in [7, 11) is 0. The van der Waals surface area contributed by atoms with Gasteiger partial charge in [-0.3, -0.25) is 0 Å². The number of benzene rings is 2. The van der Waals surface area contributed by atoms with Crippen LogP contribution < -0.4 is 0 Å². The minimum absolute atomic E-state index is 0.688. The van der Waals surface area contributed by atoms with Gasteiger partial charge in [0, 0.05) is 12.1 Å². The van der Waals surface area contributed by atoms with E-state index in [1.54, 1.807) is 0 Å². The maximum atomic E-state index is 4.91. The molecule has 0 atom stereocenters. The van der Waals surface area contributed by atoms with Gasteiger partial charge in [0.2, 0.25) is 0 Å². The number of imidazole rings is 1. The van der Waals surface area contributed by atoms with Crippen LogP contribution in [0.15, 0.2) is 42.5 Å². The van der Waals surface area contributed by atoms with Gasteiger partial charge in [-0.2, -0.15) is 0 Å². The van der Waals surface area contributed by atoms with Crippen molar-refractivity contribution in [3.8, 4) is 11.4 Å². The van der Waals surface area contributed by atoms with Crippen LogP contribution in [0.1, 0.15) is 31.4 Å². The fourth-order valence-electron chi connectivity index (χ4n) is 2.96. The fraction of sp³-hybridized carbons (Fsp3) is 0.350. The first-order chi connectivity index (χ1) is 10.6. The lowest BCUT2D eigenvalue weighted by Gasteiger charge is -2.13. The lowest BCUT2D eigenvalue weighted by Crippen LogP contribution is -2.04. The molecule has 0 aliphatic heterocycles. The van der Waals surface area contributed by atoms with Crippen LogP contribution in [0, 0.1) is 19.8 Å². The summed E-state index contributed by atoms with van der Waals surface area (Å²) in [4.78, 5) is 4.91. The van der Waals surface area contributed by atoms with Gasteiger partial charge in [-0.05, 0) is 43.9 Å². The number of hydrogen-bond donors (Lipinski definition) is 0. The molecule has 0 spiro atoms. The van der Waals surface area contributed by atoms with E-state index >= 15 is 0 Å². The monoisotopic (exact) mass is 292 g/mol. The van der Waals surface area contributed by atoms with Crippen LogP contribution in [0.5, 0.6) is 0 Å². The Morgan fingerprint density at radius 2 is 1.82 bits per heavy atom. The van der Waals surface area contributed by atoms with Crippen LogP contribution >= 0.6 is 0 Å². The Labute approximate surface area is 132 Å². The number of nitrogens with zero attached hydrogens (tertiary/aromatic N) is 2. The minimum Gasteiger partial charge on any atom is -0.324 e. The average molecular weight is 292 g/mol. The Balaban J connectivity index is 2.17. The Morgan fingerprint density at radius 3 is 2.55 bits per heavy atom. The van der Waals surface area contributed by atoms with Crippen LogP contribution in [0.25, 0.3) is 22.4 Å². The molecule has 0 amide bonds. The van der Waals surface area contributed by atoms with Gasteiger partial charge in [-0.1, -0.05) is 49.7 Å². The fourth-order valence-corrected chi connectivity index (χ4v) is 2.96. The van der Waals surface area contributed by atoms with Crippen LogP contribution in [0.3, 0.4) is 0 Å². The largest absolute Gasteiger partial charge is 0.324 e. The van der Waals surface area contributed by atoms with Gasteiger partial charge in [-0.15, -0.1) is 0 Å². The number of aryl methyl sites for hydroxylation is 3. The summed E-state index contributed by atoms with van der Waals surface area (Å²) in [5.74, 6) is 1.78. The second-order valence-corrected chi connectivity index (χ2v) is 6.58. The molecule has 3 rings (SSSR count). The third kappa shape index (κ3) is 2.78. The molecule has 3 aromatic rings. The topological polar surface area (TPSA) is 17.8 Å². The minimum atomic E-state index is 0.688. The van der Waals surface area contributed by atoms with Crippen LogP contribution in [-0.2, 0) is 6.54 Å². The van der Waals surface area contributed by atoms with Crippen molar-refractivity contribution in [1.82, 2.24) is 9.55 Å². The van der Waals surface area contributed by atoms with Crippen LogP contribution in [-0.4, -0.2) is 9.55 Å². The van der Waals surface area contributed by atoms with E-state index in [1.165, 1.54) is 22.2 Å². The smallest absolute Gasteiger partial charge is 0.141 e. The first kappa shape index (κ1) is 14.8. The van der Waals surface area contributed by atoms with E-state index in [4.69, 9.17) is 4.98 Å². The second kappa shape index (κ2) is 5.96. The first-order valence-corrected chi connectivity index (χ1v) is 8.09. The van der Waals surface area contributed by atoms with E-state index in [0.717, 1.165) is 24.3 Å². The van der Waals surface area contributed by atoms with Crippen molar-refractivity contribution in [2.24, 2.45) is 5.92 Å². The molecule has 1 heterocycles. The Morgan fingerprint density at radius 1 is 1.05 bits per heavy atom. The highest BCUT2D eigenvalue weighted by Crippen LogP contribution is 2.28. The Kier molecular flexibility index (Phi) is 4.02. The molecule has 0 unspecified atom stereocenters. The van der Waals surface area contributed by atoms with E-state index < -0.39 is 0 Å². The zero-order valence-electron chi connectivity index (χ0n) is 13.9. The van der Waals surface area contributed by atoms with E-state index in [2.05, 4.69) is 74.7 Å². The molecule has 0 radical (unpaired) electrons. The molecule has 0 aliphatic carbocycles. The molecule has 22 heavy (non-hydrogen) atoms. The quantitative estimate of drug-likeness (QED) is 0.632. The SMILES string of the molecule is Cc1ccc(-c2nc3ccccc3n2CCC(C)C)c(C)c1. The third-order valence-corrected chi connectivity index (χ3v) is 4.21. The van der Waals surface area contributed by atoms with Crippen LogP contribution in [0.2, 0.25) is 0 Å². The Bertz CT molecular complexity index is 797. The molecule has 1 aromatic heterocycles. The zero-order valence-corrected chi connectivity index (χ0v) is 13.9. The predicted octanol–water partition coefficient (Wildman–Crippen LogP) is 5.37. The molecular formula is C20H24N2. The molecule has 2 aromatic carbocycles. The summed E-state index contributed by atoms with van der Waals surface area (Å²) in [6.07, 6.45) is 1.16. The van der Waals surface area contributed by atoms with Gasteiger partial charge in [0.1, 0.15) is 5.82 Å². The summed E-state index contributed by atoms with van der Waals surface area (Å²) >= 11 is 0. The highest BCUT2D eigenvalue weighted by molar-refractivity contribution is 5.81. The van der Waals surface area contributed by atoms with E-state index in [1.807, 2.05) is 0 Å². The van der Waals surface area contributed by atoms with Gasteiger partial charge < -0.3 is 4.57 Å². The van der Waals surface area contributed by atoms with Crippen molar-refractivity contribution in [2.45, 2.75) is 40.7 Å². The molecule has 0 saturated carbocycles. The van der Waals surface area contributed by atoms with Gasteiger partial charge in [0.15, 0.2) is 0 Å². The average Bonchev–Trinajstić information content (AvgIpc) is 2.83. The lowest BCUT2D eigenvalue weighted by molar-refractivity contribution is 0.525. The zero-order chi connectivity index (χ0) is 15.7. The lowest BCUT2D eigenvalue weighted by atomic mass is 10.0. The van der Waals surface area contributed by atoms with Crippen molar-refractivity contribution in [1.29, 1.82) is 0 Å². The van der Waals surface area contributed by atoms with Crippen molar-refractivity contribution in [3.05, 3.63) is 53.6 Å². The van der Waals surface area contributed by atoms with Gasteiger partial charge in [0.05, 0.1) is 11.0 Å². The number of aromatic nitrogens is 2. The Hall–Kier alpha value is -2.09. The highest BCUT2D eigenvalue weighted by atomic mass is 15.1. The van der Waals surface area contributed by atoms with Crippen LogP contribution in [0.4, 0.5) is 0 Å². The van der Waals surface area contributed by atoms with Gasteiger partial charge >= 0.3 is 0 Å². The maximum Gasteiger partial charge on any atom is 0.141 e. The molecule has 0 N–H and O–H groups in total. The molecule has 2 nitrogen and oxygen atoms in total. The van der Waals surface area contributed by atoms with Crippen molar-refractivity contribution in [2.75, 3.05) is 0 Å².